The van der Waals surface area contributed by atoms with Gasteiger partial charge < -0.3 is 4.90 Å². The number of rotatable bonds is 1. The zero-order valence-electron chi connectivity index (χ0n) is 9.43. The third-order valence-corrected chi connectivity index (χ3v) is 4.45. The second kappa shape index (κ2) is 4.29. The molecule has 3 rings (SSSR count). The second-order valence-electron chi connectivity index (χ2n) is 4.77. The van der Waals surface area contributed by atoms with Gasteiger partial charge in [0.05, 0.1) is 5.00 Å². The van der Waals surface area contributed by atoms with Crippen LogP contribution in [0.15, 0.2) is 17.5 Å². The van der Waals surface area contributed by atoms with Crippen molar-refractivity contribution >= 4 is 22.4 Å². The Morgan fingerprint density at radius 3 is 2.71 bits per heavy atom. The Hall–Kier alpha value is -1.10. The van der Waals surface area contributed by atoms with E-state index in [1.54, 1.807) is 0 Å². The van der Waals surface area contributed by atoms with Gasteiger partial charge in [-0.05, 0) is 43.2 Å². The number of amides is 2. The number of urea groups is 1. The topological polar surface area (TPSA) is 32.3 Å². The number of hydrogen-bond donors (Lipinski definition) is 1. The number of halogens is 1. The lowest BCUT2D eigenvalue weighted by molar-refractivity contribution is 0.110. The summed E-state index contributed by atoms with van der Waals surface area (Å²) in [4.78, 5) is 14.0. The largest absolute Gasteiger partial charge is 0.322 e. The highest BCUT2D eigenvalue weighted by Crippen LogP contribution is 2.37. The van der Waals surface area contributed by atoms with Crippen LogP contribution in [0.1, 0.15) is 25.7 Å². The number of thiophene rings is 1. The minimum absolute atomic E-state index is 0.0631. The van der Waals surface area contributed by atoms with E-state index in [0.29, 0.717) is 12.8 Å². The molecule has 3 heterocycles. The molecule has 1 aromatic heterocycles. The maximum Gasteiger partial charge on any atom is 0.322 e. The van der Waals surface area contributed by atoms with Crippen LogP contribution in [0.5, 0.6) is 0 Å². The summed E-state index contributed by atoms with van der Waals surface area (Å²) < 4.78 is 13.4. The third-order valence-electron chi connectivity index (χ3n) is 3.66. The summed E-state index contributed by atoms with van der Waals surface area (Å²) in [6.45, 7) is 0. The van der Waals surface area contributed by atoms with Gasteiger partial charge in [0.25, 0.3) is 0 Å². The van der Waals surface area contributed by atoms with Gasteiger partial charge in [-0.3, -0.25) is 5.32 Å². The van der Waals surface area contributed by atoms with E-state index in [1.165, 1.54) is 11.3 Å². The smallest absolute Gasteiger partial charge is 0.318 e. The third kappa shape index (κ3) is 2.04. The van der Waals surface area contributed by atoms with Crippen molar-refractivity contribution in [1.82, 2.24) is 4.90 Å². The van der Waals surface area contributed by atoms with Gasteiger partial charge in [0.2, 0.25) is 0 Å². The lowest BCUT2D eigenvalue weighted by Gasteiger charge is -2.36. The molecule has 5 heteroatoms. The van der Waals surface area contributed by atoms with Gasteiger partial charge in [0.1, 0.15) is 6.17 Å². The molecule has 2 atom stereocenters. The van der Waals surface area contributed by atoms with Crippen molar-refractivity contribution in [1.29, 1.82) is 0 Å². The van der Waals surface area contributed by atoms with Crippen molar-refractivity contribution in [2.75, 3.05) is 5.32 Å². The predicted molar refractivity (Wildman–Crippen MR) is 66.1 cm³/mol. The summed E-state index contributed by atoms with van der Waals surface area (Å²) in [5.41, 5.74) is 0. The molecule has 2 saturated heterocycles. The first kappa shape index (κ1) is 11.0. The number of nitrogens with zero attached hydrogens (tertiary/aromatic N) is 1. The van der Waals surface area contributed by atoms with E-state index < -0.39 is 6.17 Å². The molecule has 0 aromatic carbocycles. The Balaban J connectivity index is 1.70. The highest BCUT2D eigenvalue weighted by Gasteiger charge is 2.43. The van der Waals surface area contributed by atoms with Gasteiger partial charge in [0, 0.05) is 12.1 Å². The van der Waals surface area contributed by atoms with Gasteiger partial charge >= 0.3 is 6.03 Å². The molecule has 2 aliphatic heterocycles. The average Bonchev–Trinajstić information content (AvgIpc) is 2.86. The van der Waals surface area contributed by atoms with Crippen LogP contribution in [-0.2, 0) is 0 Å². The number of alkyl halides is 1. The van der Waals surface area contributed by atoms with E-state index >= 15 is 0 Å². The zero-order valence-corrected chi connectivity index (χ0v) is 10.3. The SMILES string of the molecule is O=C(Nc1cccs1)N1C2CCC1CC(F)C2. The van der Waals surface area contributed by atoms with Gasteiger partial charge in [-0.1, -0.05) is 0 Å². The molecule has 2 aliphatic rings. The van der Waals surface area contributed by atoms with Crippen LogP contribution >= 0.6 is 11.3 Å². The zero-order chi connectivity index (χ0) is 11.8. The molecule has 0 aliphatic carbocycles. The summed E-state index contributed by atoms with van der Waals surface area (Å²) in [5, 5.41) is 5.68. The number of piperidine rings is 1. The number of carbonyl (C=O) groups excluding carboxylic acids is 1. The maximum absolute atomic E-state index is 13.4. The van der Waals surface area contributed by atoms with Gasteiger partial charge in [-0.25, -0.2) is 9.18 Å². The lowest BCUT2D eigenvalue weighted by Crippen LogP contribution is -2.48. The van der Waals surface area contributed by atoms with Crippen molar-refractivity contribution in [2.24, 2.45) is 0 Å². The molecular weight excluding hydrogens is 239 g/mol. The molecule has 17 heavy (non-hydrogen) atoms. The van der Waals surface area contributed by atoms with Crippen LogP contribution in [0.2, 0.25) is 0 Å². The Morgan fingerprint density at radius 1 is 1.41 bits per heavy atom. The first-order chi connectivity index (χ1) is 8.24. The quantitative estimate of drug-likeness (QED) is 0.819. The van der Waals surface area contributed by atoms with Crippen LogP contribution in [0.25, 0.3) is 0 Å². The van der Waals surface area contributed by atoms with E-state index in [4.69, 9.17) is 0 Å². The molecule has 0 radical (unpaired) electrons. The Morgan fingerprint density at radius 2 is 2.12 bits per heavy atom. The Bertz CT molecular complexity index is 395. The summed E-state index contributed by atoms with van der Waals surface area (Å²) in [5.74, 6) is 0. The highest BCUT2D eigenvalue weighted by molar-refractivity contribution is 7.14. The van der Waals surface area contributed by atoms with Crippen LogP contribution in [0, 0.1) is 0 Å². The molecule has 92 valence electrons. The number of hydrogen-bond acceptors (Lipinski definition) is 2. The molecule has 2 amide bonds. The Kier molecular flexibility index (Phi) is 2.78. The molecule has 2 fully saturated rings. The molecule has 3 nitrogen and oxygen atoms in total. The van der Waals surface area contributed by atoms with Gasteiger partial charge in [-0.15, -0.1) is 11.3 Å². The van der Waals surface area contributed by atoms with Gasteiger partial charge in [0.15, 0.2) is 0 Å². The molecule has 1 N–H and O–H groups in total. The molecule has 2 bridgehead atoms. The van der Waals surface area contributed by atoms with Crippen LogP contribution in [-0.4, -0.2) is 29.2 Å². The maximum atomic E-state index is 13.4. The van der Waals surface area contributed by atoms with Crippen molar-refractivity contribution in [2.45, 2.75) is 43.9 Å². The van der Waals surface area contributed by atoms with Crippen LogP contribution in [0.3, 0.4) is 0 Å². The van der Waals surface area contributed by atoms with E-state index in [1.807, 2.05) is 22.4 Å². The first-order valence-electron chi connectivity index (χ1n) is 6.01. The summed E-state index contributed by atoms with van der Waals surface area (Å²) in [6.07, 6.45) is 2.19. The molecular formula is C12H15FN2OS. The Labute approximate surface area is 104 Å². The van der Waals surface area contributed by atoms with Crippen molar-refractivity contribution in [3.8, 4) is 0 Å². The molecule has 0 spiro atoms. The molecule has 2 unspecified atom stereocenters. The fourth-order valence-electron chi connectivity index (χ4n) is 2.96. The van der Waals surface area contributed by atoms with Crippen molar-refractivity contribution in [3.63, 3.8) is 0 Å². The number of anilines is 1. The number of nitrogens with one attached hydrogen (secondary N) is 1. The summed E-state index contributed by atoms with van der Waals surface area (Å²) in [6, 6.07) is 3.92. The average molecular weight is 254 g/mol. The second-order valence-corrected chi connectivity index (χ2v) is 5.72. The first-order valence-corrected chi connectivity index (χ1v) is 6.89. The van der Waals surface area contributed by atoms with Crippen molar-refractivity contribution < 1.29 is 9.18 Å². The monoisotopic (exact) mass is 254 g/mol. The summed E-state index contributed by atoms with van der Waals surface area (Å²) in [7, 11) is 0. The number of fused-ring (bicyclic) bond motifs is 2. The van der Waals surface area contributed by atoms with E-state index in [0.717, 1.165) is 17.8 Å². The van der Waals surface area contributed by atoms with Crippen molar-refractivity contribution in [3.05, 3.63) is 17.5 Å². The van der Waals surface area contributed by atoms with E-state index in [-0.39, 0.29) is 18.1 Å². The number of carbonyl (C=O) groups is 1. The minimum Gasteiger partial charge on any atom is -0.318 e. The van der Waals surface area contributed by atoms with Crippen LogP contribution < -0.4 is 5.32 Å². The summed E-state index contributed by atoms with van der Waals surface area (Å²) >= 11 is 1.51. The minimum atomic E-state index is -0.724. The highest BCUT2D eigenvalue weighted by atomic mass is 32.1. The van der Waals surface area contributed by atoms with Gasteiger partial charge in [-0.2, -0.15) is 0 Å². The van der Waals surface area contributed by atoms with E-state index in [9.17, 15) is 9.18 Å². The standard InChI is InChI=1S/C12H15FN2OS/c13-8-6-9-3-4-10(7-8)15(9)12(16)14-11-2-1-5-17-11/h1-2,5,8-10H,3-4,6-7H2,(H,14,16). The molecule has 0 saturated carbocycles. The molecule has 1 aromatic rings. The normalized spacial score (nSPS) is 31.6. The predicted octanol–water partition coefficient (Wildman–Crippen LogP) is 3.24. The fourth-order valence-corrected chi connectivity index (χ4v) is 3.57. The van der Waals surface area contributed by atoms with Crippen LogP contribution in [0.4, 0.5) is 14.2 Å². The lowest BCUT2D eigenvalue weighted by atomic mass is 10.0. The fraction of sp³-hybridized carbons (Fsp3) is 0.583. The van der Waals surface area contributed by atoms with E-state index in [2.05, 4.69) is 5.32 Å².